The maximum absolute atomic E-state index is 12.2. The Labute approximate surface area is 159 Å². The van der Waals surface area contributed by atoms with Crippen molar-refractivity contribution in [3.8, 4) is 0 Å². The highest BCUT2D eigenvalue weighted by atomic mass is 35.5. The van der Waals surface area contributed by atoms with E-state index in [0.29, 0.717) is 35.5 Å². The number of oxazole rings is 1. The second-order valence-electron chi connectivity index (χ2n) is 6.97. The van der Waals surface area contributed by atoms with Gasteiger partial charge in [-0.25, -0.2) is 0 Å². The molecule has 26 heavy (non-hydrogen) atoms. The van der Waals surface area contributed by atoms with Gasteiger partial charge >= 0.3 is 0 Å². The number of nitrogens with zero attached hydrogens (tertiary/aromatic N) is 2. The van der Waals surface area contributed by atoms with E-state index in [0.717, 1.165) is 57.3 Å². The molecule has 0 spiro atoms. The fourth-order valence-corrected chi connectivity index (χ4v) is 3.60. The van der Waals surface area contributed by atoms with Crippen molar-refractivity contribution in [3.63, 3.8) is 0 Å². The van der Waals surface area contributed by atoms with Crippen molar-refractivity contribution < 1.29 is 9.21 Å². The predicted molar refractivity (Wildman–Crippen MR) is 104 cm³/mol. The van der Waals surface area contributed by atoms with Crippen LogP contribution in [0.5, 0.6) is 0 Å². The van der Waals surface area contributed by atoms with E-state index in [4.69, 9.17) is 21.8 Å². The number of hydrogen-bond acceptors (Lipinski definition) is 5. The quantitative estimate of drug-likeness (QED) is 0.688. The summed E-state index contributed by atoms with van der Waals surface area (Å²) in [5.74, 6) is 0.459. The first-order chi connectivity index (χ1) is 12.7. The van der Waals surface area contributed by atoms with E-state index in [1.165, 1.54) is 0 Å². The second kappa shape index (κ2) is 9.24. The van der Waals surface area contributed by atoms with Gasteiger partial charge in [-0.1, -0.05) is 18.0 Å². The third-order valence-electron chi connectivity index (χ3n) is 4.81. The predicted octanol–water partition coefficient (Wildman–Crippen LogP) is 3.33. The van der Waals surface area contributed by atoms with Crippen LogP contribution in [-0.2, 0) is 4.79 Å². The van der Waals surface area contributed by atoms with Gasteiger partial charge in [-0.2, -0.15) is 4.98 Å². The average Bonchev–Trinajstić information content (AvgIpc) is 3.05. The van der Waals surface area contributed by atoms with Crippen LogP contribution >= 0.6 is 11.6 Å². The van der Waals surface area contributed by atoms with Crippen molar-refractivity contribution >= 4 is 34.6 Å². The van der Waals surface area contributed by atoms with Gasteiger partial charge in [0.15, 0.2) is 5.58 Å². The standard InChI is InChI=1S/C19H27ClN4O2/c20-15-6-7-16-17(12-15)26-19(23-16)24-10-4-5-14(13-24)11-18(25)22-9-3-1-2-8-21/h6-7,12,14H,1-5,8-11,13,21H2,(H,22,25). The van der Waals surface area contributed by atoms with Gasteiger partial charge in [0.25, 0.3) is 6.01 Å². The molecule has 1 aliphatic heterocycles. The minimum atomic E-state index is 0.133. The Hall–Kier alpha value is -1.79. The molecule has 1 aromatic carbocycles. The topological polar surface area (TPSA) is 84.4 Å². The number of carbonyl (C=O) groups is 1. The molecule has 0 saturated carbocycles. The zero-order valence-electron chi connectivity index (χ0n) is 15.0. The molecule has 2 aromatic rings. The number of fused-ring (bicyclic) bond motifs is 1. The molecule has 7 heteroatoms. The van der Waals surface area contributed by atoms with Crippen LogP contribution in [0.4, 0.5) is 6.01 Å². The van der Waals surface area contributed by atoms with Gasteiger partial charge in [-0.3, -0.25) is 4.79 Å². The Morgan fingerprint density at radius 2 is 2.27 bits per heavy atom. The number of nitrogens with one attached hydrogen (secondary N) is 1. The highest BCUT2D eigenvalue weighted by molar-refractivity contribution is 6.31. The molecule has 1 aromatic heterocycles. The fourth-order valence-electron chi connectivity index (χ4n) is 3.44. The van der Waals surface area contributed by atoms with E-state index in [9.17, 15) is 4.79 Å². The lowest BCUT2D eigenvalue weighted by Gasteiger charge is -2.31. The minimum absolute atomic E-state index is 0.133. The molecule has 1 fully saturated rings. The Kier molecular flexibility index (Phi) is 6.74. The van der Waals surface area contributed by atoms with Crippen molar-refractivity contribution in [3.05, 3.63) is 23.2 Å². The summed E-state index contributed by atoms with van der Waals surface area (Å²) >= 11 is 6.01. The number of aromatic nitrogens is 1. The van der Waals surface area contributed by atoms with Crippen LogP contribution in [0.3, 0.4) is 0 Å². The Morgan fingerprint density at radius 3 is 3.12 bits per heavy atom. The molecule has 1 unspecified atom stereocenters. The molecular weight excluding hydrogens is 352 g/mol. The molecule has 1 saturated heterocycles. The lowest BCUT2D eigenvalue weighted by Crippen LogP contribution is -2.38. The van der Waals surface area contributed by atoms with E-state index in [2.05, 4.69) is 15.2 Å². The van der Waals surface area contributed by atoms with Gasteiger partial charge < -0.3 is 20.4 Å². The number of rotatable bonds is 8. The van der Waals surface area contributed by atoms with Crippen LogP contribution in [0.2, 0.25) is 5.02 Å². The van der Waals surface area contributed by atoms with E-state index in [-0.39, 0.29) is 5.91 Å². The number of unbranched alkanes of at least 4 members (excludes halogenated alkanes) is 2. The highest BCUT2D eigenvalue weighted by Gasteiger charge is 2.25. The van der Waals surface area contributed by atoms with Crippen LogP contribution in [-0.4, -0.2) is 37.1 Å². The number of benzene rings is 1. The number of anilines is 1. The van der Waals surface area contributed by atoms with Crippen LogP contribution in [0, 0.1) is 5.92 Å². The lowest BCUT2D eigenvalue weighted by atomic mass is 9.94. The Morgan fingerprint density at radius 1 is 1.38 bits per heavy atom. The lowest BCUT2D eigenvalue weighted by molar-refractivity contribution is -0.122. The molecule has 1 amide bonds. The van der Waals surface area contributed by atoms with Crippen molar-refractivity contribution in [1.82, 2.24) is 10.3 Å². The monoisotopic (exact) mass is 378 g/mol. The molecule has 3 rings (SSSR count). The van der Waals surface area contributed by atoms with E-state index < -0.39 is 0 Å². The number of hydrogen-bond donors (Lipinski definition) is 2. The minimum Gasteiger partial charge on any atom is -0.423 e. The normalized spacial score (nSPS) is 17.6. The summed E-state index contributed by atoms with van der Waals surface area (Å²) in [6, 6.07) is 6.08. The fraction of sp³-hybridized carbons (Fsp3) is 0.579. The molecule has 142 valence electrons. The third kappa shape index (κ3) is 5.11. The summed E-state index contributed by atoms with van der Waals surface area (Å²) in [5.41, 5.74) is 6.98. The molecule has 0 bridgehead atoms. The molecule has 0 radical (unpaired) electrons. The first-order valence-electron chi connectivity index (χ1n) is 9.43. The largest absolute Gasteiger partial charge is 0.423 e. The maximum Gasteiger partial charge on any atom is 0.298 e. The summed E-state index contributed by atoms with van der Waals surface area (Å²) in [6.45, 7) is 3.15. The first kappa shape index (κ1) is 19.0. The smallest absolute Gasteiger partial charge is 0.298 e. The zero-order chi connectivity index (χ0) is 18.4. The maximum atomic E-state index is 12.2. The molecule has 1 aliphatic rings. The molecule has 0 aliphatic carbocycles. The van der Waals surface area contributed by atoms with Crippen LogP contribution in [0.25, 0.3) is 11.1 Å². The van der Waals surface area contributed by atoms with Crippen LogP contribution in [0.1, 0.15) is 38.5 Å². The average molecular weight is 379 g/mol. The number of halogens is 1. The number of piperidine rings is 1. The molecule has 2 heterocycles. The van der Waals surface area contributed by atoms with E-state index >= 15 is 0 Å². The van der Waals surface area contributed by atoms with Crippen molar-refractivity contribution in [2.24, 2.45) is 11.7 Å². The van der Waals surface area contributed by atoms with Crippen molar-refractivity contribution in [2.75, 3.05) is 31.1 Å². The highest BCUT2D eigenvalue weighted by Crippen LogP contribution is 2.28. The second-order valence-corrected chi connectivity index (χ2v) is 7.40. The molecular formula is C19H27ClN4O2. The summed E-state index contributed by atoms with van der Waals surface area (Å²) in [7, 11) is 0. The Balaban J connectivity index is 1.51. The first-order valence-corrected chi connectivity index (χ1v) is 9.81. The van der Waals surface area contributed by atoms with Crippen molar-refractivity contribution in [2.45, 2.75) is 38.5 Å². The van der Waals surface area contributed by atoms with Crippen LogP contribution in [0.15, 0.2) is 22.6 Å². The number of amides is 1. The molecule has 1 atom stereocenters. The van der Waals surface area contributed by atoms with Gasteiger partial charge in [0.05, 0.1) is 0 Å². The summed E-state index contributed by atoms with van der Waals surface area (Å²) in [6.07, 6.45) is 5.72. The van der Waals surface area contributed by atoms with Crippen molar-refractivity contribution in [1.29, 1.82) is 0 Å². The van der Waals surface area contributed by atoms with Gasteiger partial charge in [0.1, 0.15) is 5.52 Å². The number of carbonyl (C=O) groups excluding carboxylic acids is 1. The van der Waals surface area contributed by atoms with Gasteiger partial charge in [-0.05, 0) is 50.3 Å². The van der Waals surface area contributed by atoms with Crippen LogP contribution < -0.4 is 16.0 Å². The van der Waals surface area contributed by atoms with Gasteiger partial charge in [-0.15, -0.1) is 0 Å². The molecule has 3 N–H and O–H groups in total. The summed E-state index contributed by atoms with van der Waals surface area (Å²) in [4.78, 5) is 18.9. The zero-order valence-corrected chi connectivity index (χ0v) is 15.8. The van der Waals surface area contributed by atoms with E-state index in [1.54, 1.807) is 6.07 Å². The van der Waals surface area contributed by atoms with Gasteiger partial charge in [0.2, 0.25) is 5.91 Å². The third-order valence-corrected chi connectivity index (χ3v) is 5.04. The van der Waals surface area contributed by atoms with E-state index in [1.807, 2.05) is 12.1 Å². The Bertz CT molecular complexity index is 733. The summed E-state index contributed by atoms with van der Waals surface area (Å²) < 4.78 is 5.86. The molecule has 6 nitrogen and oxygen atoms in total. The number of nitrogens with two attached hydrogens (primary N) is 1. The van der Waals surface area contributed by atoms with Gasteiger partial charge in [0, 0.05) is 37.1 Å². The SMILES string of the molecule is NCCCCCNC(=O)CC1CCCN(c2nc3ccc(Cl)cc3o2)C1. The summed E-state index contributed by atoms with van der Waals surface area (Å²) in [5, 5.41) is 3.66.